The lowest BCUT2D eigenvalue weighted by atomic mass is 10.2. The predicted octanol–water partition coefficient (Wildman–Crippen LogP) is 1.83. The van der Waals surface area contributed by atoms with E-state index in [0.717, 1.165) is 0 Å². The maximum absolute atomic E-state index is 10.8. The third-order valence-electron chi connectivity index (χ3n) is 1.50. The Morgan fingerprint density at radius 3 is 2.79 bits per heavy atom. The number of halogens is 1. The lowest BCUT2D eigenvalue weighted by molar-refractivity contribution is -0.114. The van der Waals surface area contributed by atoms with E-state index < -0.39 is 0 Å². The van der Waals surface area contributed by atoms with E-state index in [2.05, 4.69) is 5.32 Å². The van der Waals surface area contributed by atoms with Crippen LogP contribution in [0.5, 0.6) is 5.75 Å². The number of nitriles is 1. The van der Waals surface area contributed by atoms with Crippen LogP contribution in [0.25, 0.3) is 0 Å². The second-order valence-corrected chi connectivity index (χ2v) is 3.81. The molecule has 4 nitrogen and oxygen atoms in total. The first-order chi connectivity index (χ1) is 6.54. The van der Waals surface area contributed by atoms with E-state index in [9.17, 15) is 9.90 Å². The number of hydrogen-bond acceptors (Lipinski definition) is 3. The highest BCUT2D eigenvalue weighted by atomic mass is 127. The summed E-state index contributed by atoms with van der Waals surface area (Å²) in [5.74, 6) is -0.300. The number of rotatable bonds is 1. The van der Waals surface area contributed by atoms with Gasteiger partial charge in [-0.3, -0.25) is 4.79 Å². The van der Waals surface area contributed by atoms with Gasteiger partial charge in [0, 0.05) is 6.92 Å². The number of carbonyl (C=O) groups excluding carboxylic acids is 1. The number of amides is 1. The molecule has 0 aliphatic heterocycles. The minimum atomic E-state index is -0.286. The fourth-order valence-electron chi connectivity index (χ4n) is 0.949. The summed E-state index contributed by atoms with van der Waals surface area (Å²) in [7, 11) is 0. The van der Waals surface area contributed by atoms with Crippen LogP contribution in [0.15, 0.2) is 12.1 Å². The zero-order valence-corrected chi connectivity index (χ0v) is 9.49. The maximum atomic E-state index is 10.8. The highest BCUT2D eigenvalue weighted by molar-refractivity contribution is 14.1. The summed E-state index contributed by atoms with van der Waals surface area (Å²) in [6.45, 7) is 1.34. The molecule has 0 fully saturated rings. The third-order valence-corrected chi connectivity index (χ3v) is 2.33. The molecule has 0 saturated carbocycles. The van der Waals surface area contributed by atoms with Gasteiger partial charge in [-0.15, -0.1) is 0 Å². The van der Waals surface area contributed by atoms with Crippen LogP contribution in [0, 0.1) is 14.9 Å². The third kappa shape index (κ3) is 2.35. The fraction of sp³-hybridized carbons (Fsp3) is 0.111. The van der Waals surface area contributed by atoms with E-state index in [1.54, 1.807) is 6.07 Å². The van der Waals surface area contributed by atoms with Gasteiger partial charge in [-0.2, -0.15) is 5.26 Å². The Hall–Kier alpha value is -1.29. The van der Waals surface area contributed by atoms with Gasteiger partial charge >= 0.3 is 0 Å². The fourth-order valence-corrected chi connectivity index (χ4v) is 1.57. The molecule has 0 atom stereocenters. The molecule has 1 rings (SSSR count). The number of phenols is 1. The van der Waals surface area contributed by atoms with Crippen molar-refractivity contribution in [1.29, 1.82) is 5.26 Å². The van der Waals surface area contributed by atoms with Crippen molar-refractivity contribution in [3.05, 3.63) is 21.3 Å². The van der Waals surface area contributed by atoms with Crippen molar-refractivity contribution in [3.63, 3.8) is 0 Å². The molecule has 0 unspecified atom stereocenters. The molecule has 72 valence electrons. The van der Waals surface area contributed by atoms with Crippen molar-refractivity contribution >= 4 is 34.2 Å². The molecule has 0 aliphatic rings. The van der Waals surface area contributed by atoms with Crippen molar-refractivity contribution in [2.75, 3.05) is 5.32 Å². The topological polar surface area (TPSA) is 73.1 Å². The van der Waals surface area contributed by atoms with Crippen molar-refractivity contribution in [2.45, 2.75) is 6.92 Å². The van der Waals surface area contributed by atoms with E-state index >= 15 is 0 Å². The summed E-state index contributed by atoms with van der Waals surface area (Å²) in [5, 5.41) is 20.6. The van der Waals surface area contributed by atoms with Crippen LogP contribution in [0.4, 0.5) is 5.69 Å². The number of anilines is 1. The van der Waals surface area contributed by atoms with Crippen LogP contribution < -0.4 is 5.32 Å². The Labute approximate surface area is 94.7 Å². The highest BCUT2D eigenvalue weighted by Gasteiger charge is 2.08. The molecule has 1 amide bonds. The van der Waals surface area contributed by atoms with E-state index in [1.807, 2.05) is 28.7 Å². The van der Waals surface area contributed by atoms with Gasteiger partial charge in [0.05, 0.1) is 20.9 Å². The van der Waals surface area contributed by atoms with Gasteiger partial charge in [-0.05, 0) is 34.7 Å². The van der Waals surface area contributed by atoms with Gasteiger partial charge in [0.1, 0.15) is 0 Å². The molecule has 1 aromatic carbocycles. The Morgan fingerprint density at radius 1 is 1.64 bits per heavy atom. The van der Waals surface area contributed by atoms with E-state index in [4.69, 9.17) is 5.26 Å². The number of carbonyl (C=O) groups is 1. The van der Waals surface area contributed by atoms with Crippen molar-refractivity contribution in [3.8, 4) is 11.8 Å². The molecule has 1 aromatic rings. The first-order valence-corrected chi connectivity index (χ1v) is 4.82. The van der Waals surface area contributed by atoms with Crippen molar-refractivity contribution in [1.82, 2.24) is 0 Å². The number of aromatic hydroxyl groups is 1. The molecule has 0 aliphatic carbocycles. The quantitative estimate of drug-likeness (QED) is 0.614. The summed E-state index contributed by atoms with van der Waals surface area (Å²) >= 11 is 1.89. The standard InChI is InChI=1S/C9H7IN2O2/c1-5(13)12-8-3-6(4-11)2-7(10)9(8)14/h2-3,14H,1H3,(H,12,13). The predicted molar refractivity (Wildman–Crippen MR) is 59.8 cm³/mol. The van der Waals surface area contributed by atoms with Crippen molar-refractivity contribution in [2.24, 2.45) is 0 Å². The molecular formula is C9H7IN2O2. The first kappa shape index (κ1) is 10.8. The van der Waals surface area contributed by atoms with Gasteiger partial charge in [0.2, 0.25) is 5.91 Å². The van der Waals surface area contributed by atoms with Crippen LogP contribution in [0.1, 0.15) is 12.5 Å². The second-order valence-electron chi connectivity index (χ2n) is 2.65. The molecule has 2 N–H and O–H groups in total. The average molecular weight is 302 g/mol. The zero-order chi connectivity index (χ0) is 10.7. The smallest absolute Gasteiger partial charge is 0.221 e. The van der Waals surface area contributed by atoms with Gasteiger partial charge in [0.25, 0.3) is 0 Å². The molecule has 0 heterocycles. The average Bonchev–Trinajstić information content (AvgIpc) is 2.11. The molecule has 0 bridgehead atoms. The van der Waals surface area contributed by atoms with Gasteiger partial charge < -0.3 is 10.4 Å². The lowest BCUT2D eigenvalue weighted by Gasteiger charge is -2.06. The molecule has 0 aromatic heterocycles. The molecule has 0 spiro atoms. The SMILES string of the molecule is CC(=O)Nc1cc(C#N)cc(I)c1O. The number of hydrogen-bond donors (Lipinski definition) is 2. The Balaban J connectivity index is 3.21. The van der Waals surface area contributed by atoms with Gasteiger partial charge in [-0.1, -0.05) is 0 Å². The normalized spacial score (nSPS) is 9.21. The van der Waals surface area contributed by atoms with E-state index in [0.29, 0.717) is 9.13 Å². The van der Waals surface area contributed by atoms with Crippen LogP contribution in [-0.4, -0.2) is 11.0 Å². The summed E-state index contributed by atoms with van der Waals surface area (Å²) in [6, 6.07) is 4.91. The van der Waals surface area contributed by atoms with Crippen LogP contribution >= 0.6 is 22.6 Å². The summed E-state index contributed by atoms with van der Waals surface area (Å²) < 4.78 is 0.533. The monoisotopic (exact) mass is 302 g/mol. The van der Waals surface area contributed by atoms with Gasteiger partial charge in [0.15, 0.2) is 5.75 Å². The molecule has 0 radical (unpaired) electrons. The molecule has 5 heteroatoms. The van der Waals surface area contributed by atoms with Crippen molar-refractivity contribution < 1.29 is 9.90 Å². The number of benzene rings is 1. The Bertz CT molecular complexity index is 424. The maximum Gasteiger partial charge on any atom is 0.221 e. The van der Waals surface area contributed by atoms with E-state index in [-0.39, 0.29) is 17.3 Å². The van der Waals surface area contributed by atoms with E-state index in [1.165, 1.54) is 13.0 Å². The molecule has 0 saturated heterocycles. The second kappa shape index (κ2) is 4.28. The lowest BCUT2D eigenvalue weighted by Crippen LogP contribution is -2.06. The van der Waals surface area contributed by atoms with Crippen LogP contribution in [-0.2, 0) is 4.79 Å². The summed E-state index contributed by atoms with van der Waals surface area (Å²) in [4.78, 5) is 10.8. The Kier molecular flexibility index (Phi) is 3.30. The minimum absolute atomic E-state index is 0.0141. The number of nitrogens with zero attached hydrogens (tertiary/aromatic N) is 1. The molecular weight excluding hydrogens is 295 g/mol. The number of phenolic OH excluding ortho intramolecular Hbond substituents is 1. The minimum Gasteiger partial charge on any atom is -0.505 e. The zero-order valence-electron chi connectivity index (χ0n) is 7.34. The first-order valence-electron chi connectivity index (χ1n) is 3.75. The van der Waals surface area contributed by atoms with Crippen LogP contribution in [0.3, 0.4) is 0 Å². The van der Waals surface area contributed by atoms with Crippen LogP contribution in [0.2, 0.25) is 0 Å². The van der Waals surface area contributed by atoms with Gasteiger partial charge in [-0.25, -0.2) is 0 Å². The summed E-state index contributed by atoms with van der Waals surface area (Å²) in [5.41, 5.74) is 0.664. The molecule has 14 heavy (non-hydrogen) atoms. The largest absolute Gasteiger partial charge is 0.505 e. The summed E-state index contributed by atoms with van der Waals surface area (Å²) in [6.07, 6.45) is 0. The Morgan fingerprint density at radius 2 is 2.29 bits per heavy atom. The number of nitrogens with one attached hydrogen (secondary N) is 1. The highest BCUT2D eigenvalue weighted by Crippen LogP contribution is 2.30.